The lowest BCUT2D eigenvalue weighted by Crippen LogP contribution is -2.15. The second-order valence-electron chi connectivity index (χ2n) is 4.85. The molecular weight excluding hydrogens is 313 g/mol. The quantitative estimate of drug-likeness (QED) is 0.848. The first-order valence-corrected chi connectivity index (χ1v) is 8.83. The molecule has 3 rings (SSSR count). The average Bonchev–Trinajstić information content (AvgIpc) is 2.82. The number of benzene rings is 1. The van der Waals surface area contributed by atoms with Crippen molar-refractivity contribution in [2.45, 2.75) is 30.6 Å². The summed E-state index contributed by atoms with van der Waals surface area (Å²) in [5, 5.41) is 0.311. The van der Waals surface area contributed by atoms with Gasteiger partial charge in [0.1, 0.15) is 10.7 Å². The largest absolute Gasteiger partial charge is 0.395 e. The molecule has 0 bridgehead atoms. The Bertz CT molecular complexity index is 763. The Morgan fingerprint density at radius 1 is 1.29 bits per heavy atom. The summed E-state index contributed by atoms with van der Waals surface area (Å²) in [6.07, 6.45) is 3.96. The molecule has 1 aromatic carbocycles. The molecule has 1 aliphatic rings. The summed E-state index contributed by atoms with van der Waals surface area (Å²) in [5.74, 6) is -0.753. The normalized spacial score (nSPS) is 14.7. The highest BCUT2D eigenvalue weighted by Crippen LogP contribution is 2.31. The number of hydrogen-bond donors (Lipinski definition) is 2. The summed E-state index contributed by atoms with van der Waals surface area (Å²) < 4.78 is 40.4. The molecule has 0 saturated heterocycles. The number of fused-ring (bicyclic) bond motifs is 1. The van der Waals surface area contributed by atoms with E-state index in [-0.39, 0.29) is 10.6 Å². The van der Waals surface area contributed by atoms with Crippen LogP contribution >= 0.6 is 11.3 Å². The van der Waals surface area contributed by atoms with Gasteiger partial charge in [-0.1, -0.05) is 6.07 Å². The molecule has 0 unspecified atom stereocenters. The smallest absolute Gasteiger partial charge is 0.265 e. The molecule has 1 aliphatic carbocycles. The topological polar surface area (TPSA) is 85.1 Å². The number of anilines is 2. The number of hydrogen-bond acceptors (Lipinski definition) is 5. The third kappa shape index (κ3) is 2.73. The van der Waals surface area contributed by atoms with E-state index >= 15 is 0 Å². The maximum atomic E-state index is 13.4. The van der Waals surface area contributed by atoms with Crippen LogP contribution in [0.5, 0.6) is 0 Å². The average molecular weight is 327 g/mol. The number of para-hydroxylation sites is 1. The molecule has 112 valence electrons. The molecule has 21 heavy (non-hydrogen) atoms. The van der Waals surface area contributed by atoms with Crippen molar-refractivity contribution in [3.8, 4) is 0 Å². The molecule has 8 heteroatoms. The van der Waals surface area contributed by atoms with Crippen molar-refractivity contribution in [2.75, 3.05) is 10.5 Å². The van der Waals surface area contributed by atoms with Crippen LogP contribution in [0.3, 0.4) is 0 Å². The lowest BCUT2D eigenvalue weighted by molar-refractivity contribution is 0.597. The minimum absolute atomic E-state index is 0.268. The van der Waals surface area contributed by atoms with Crippen molar-refractivity contribution in [1.82, 2.24) is 4.98 Å². The molecule has 1 heterocycles. The van der Waals surface area contributed by atoms with Gasteiger partial charge < -0.3 is 5.73 Å². The zero-order valence-electron chi connectivity index (χ0n) is 11.1. The van der Waals surface area contributed by atoms with Gasteiger partial charge in [-0.25, -0.2) is 17.8 Å². The second kappa shape index (κ2) is 5.27. The van der Waals surface area contributed by atoms with Gasteiger partial charge in [-0.15, -0.1) is 11.3 Å². The van der Waals surface area contributed by atoms with Gasteiger partial charge in [-0.3, -0.25) is 4.72 Å². The molecular formula is C13H14FN3O2S2. The van der Waals surface area contributed by atoms with E-state index in [4.69, 9.17) is 5.73 Å². The van der Waals surface area contributed by atoms with E-state index in [0.717, 1.165) is 42.3 Å². The molecule has 0 fully saturated rings. The van der Waals surface area contributed by atoms with Gasteiger partial charge in [-0.05, 0) is 37.8 Å². The van der Waals surface area contributed by atoms with Crippen molar-refractivity contribution in [3.05, 3.63) is 34.6 Å². The van der Waals surface area contributed by atoms with Crippen LogP contribution in [0.2, 0.25) is 0 Å². The minimum Gasteiger partial charge on any atom is -0.395 e. The number of nitrogens with one attached hydrogen (secondary N) is 1. The van der Waals surface area contributed by atoms with Crippen LogP contribution in [0.25, 0.3) is 0 Å². The minimum atomic E-state index is -3.93. The molecule has 1 aromatic heterocycles. The predicted octanol–water partition coefficient (Wildman–Crippen LogP) is 2.54. The first kappa shape index (κ1) is 14.3. The van der Waals surface area contributed by atoms with Crippen molar-refractivity contribution in [3.63, 3.8) is 0 Å². The predicted molar refractivity (Wildman–Crippen MR) is 80.4 cm³/mol. The van der Waals surface area contributed by atoms with Crippen LogP contribution < -0.4 is 10.5 Å². The maximum Gasteiger partial charge on any atom is 0.265 e. The van der Waals surface area contributed by atoms with Gasteiger partial charge in [0, 0.05) is 4.88 Å². The molecule has 0 amide bonds. The van der Waals surface area contributed by atoms with Crippen molar-refractivity contribution in [1.29, 1.82) is 0 Å². The van der Waals surface area contributed by atoms with E-state index in [1.165, 1.54) is 23.5 Å². The monoisotopic (exact) mass is 327 g/mol. The van der Waals surface area contributed by atoms with Crippen LogP contribution in [0, 0.1) is 5.82 Å². The molecule has 0 radical (unpaired) electrons. The number of rotatable bonds is 3. The van der Waals surface area contributed by atoms with Gasteiger partial charge in [-0.2, -0.15) is 0 Å². The third-order valence-electron chi connectivity index (χ3n) is 3.37. The first-order valence-electron chi connectivity index (χ1n) is 6.53. The summed E-state index contributed by atoms with van der Waals surface area (Å²) in [4.78, 5) is 5.16. The first-order chi connectivity index (χ1) is 9.97. The van der Waals surface area contributed by atoms with Crippen molar-refractivity contribution < 1.29 is 12.8 Å². The Kier molecular flexibility index (Phi) is 3.58. The number of nitrogens with zero attached hydrogens (tertiary/aromatic N) is 1. The lowest BCUT2D eigenvalue weighted by atomic mass is 10.0. The fraction of sp³-hybridized carbons (Fsp3) is 0.308. The van der Waals surface area contributed by atoms with Crippen LogP contribution in [0.4, 0.5) is 15.2 Å². The van der Waals surface area contributed by atoms with Crippen molar-refractivity contribution in [2.24, 2.45) is 0 Å². The standard InChI is InChI=1S/C13H14FN3O2S2/c14-8-4-3-7-11(12(8)15)21(18,19)17-13-16-9-5-1-2-6-10(9)20-13/h3-4,7H,1-2,5-6,15H2,(H,16,17). The van der Waals surface area contributed by atoms with Gasteiger partial charge in [0.05, 0.1) is 11.4 Å². The summed E-state index contributed by atoms with van der Waals surface area (Å²) in [5.41, 5.74) is 6.08. The highest BCUT2D eigenvalue weighted by atomic mass is 32.2. The maximum absolute atomic E-state index is 13.4. The molecule has 2 aromatic rings. The van der Waals surface area contributed by atoms with Gasteiger partial charge >= 0.3 is 0 Å². The molecule has 0 atom stereocenters. The lowest BCUT2D eigenvalue weighted by Gasteiger charge is -2.08. The van der Waals surface area contributed by atoms with Crippen LogP contribution in [-0.2, 0) is 22.9 Å². The summed E-state index contributed by atoms with van der Waals surface area (Å²) in [6, 6.07) is 3.71. The molecule has 0 spiro atoms. The fourth-order valence-corrected chi connectivity index (χ4v) is 4.74. The van der Waals surface area contributed by atoms with Crippen LogP contribution in [0.15, 0.2) is 23.1 Å². The zero-order valence-corrected chi connectivity index (χ0v) is 12.7. The number of halogens is 1. The van der Waals surface area contributed by atoms with Gasteiger partial charge in [0.15, 0.2) is 5.13 Å². The fourth-order valence-electron chi connectivity index (χ4n) is 2.32. The Hall–Kier alpha value is -1.67. The van der Waals surface area contributed by atoms with E-state index in [2.05, 4.69) is 9.71 Å². The number of thiazole rings is 1. The number of nitrogens with two attached hydrogens (primary N) is 1. The van der Waals surface area contributed by atoms with E-state index in [0.29, 0.717) is 5.13 Å². The van der Waals surface area contributed by atoms with E-state index < -0.39 is 15.8 Å². The highest BCUT2D eigenvalue weighted by molar-refractivity contribution is 7.93. The summed E-state index contributed by atoms with van der Waals surface area (Å²) >= 11 is 1.33. The highest BCUT2D eigenvalue weighted by Gasteiger charge is 2.23. The molecule has 3 N–H and O–H groups in total. The van der Waals surface area contributed by atoms with E-state index in [1.807, 2.05) is 0 Å². The number of aryl methyl sites for hydroxylation is 2. The summed E-state index contributed by atoms with van der Waals surface area (Å²) in [6.45, 7) is 0. The van der Waals surface area contributed by atoms with Gasteiger partial charge in [0.25, 0.3) is 10.0 Å². The van der Waals surface area contributed by atoms with E-state index in [1.54, 1.807) is 0 Å². The van der Waals surface area contributed by atoms with Gasteiger partial charge in [0.2, 0.25) is 0 Å². The Labute approximate surface area is 126 Å². The third-order valence-corrected chi connectivity index (χ3v) is 5.97. The van der Waals surface area contributed by atoms with Crippen molar-refractivity contribution >= 4 is 32.2 Å². The Morgan fingerprint density at radius 2 is 2.05 bits per heavy atom. The number of sulfonamides is 1. The molecule has 5 nitrogen and oxygen atoms in total. The Morgan fingerprint density at radius 3 is 2.81 bits per heavy atom. The Balaban J connectivity index is 1.93. The SMILES string of the molecule is Nc1c(F)cccc1S(=O)(=O)Nc1nc2c(s1)CCCC2. The van der Waals surface area contributed by atoms with Crippen LogP contribution in [0.1, 0.15) is 23.4 Å². The second-order valence-corrected chi connectivity index (χ2v) is 7.59. The molecule has 0 aliphatic heterocycles. The van der Waals surface area contributed by atoms with E-state index in [9.17, 15) is 12.8 Å². The molecule has 0 saturated carbocycles. The zero-order chi connectivity index (χ0) is 15.0. The number of aromatic nitrogens is 1. The van der Waals surface area contributed by atoms with Crippen LogP contribution in [-0.4, -0.2) is 13.4 Å². The number of nitrogen functional groups attached to an aromatic ring is 1. The summed E-state index contributed by atoms with van der Waals surface area (Å²) in [7, 11) is -3.93.